The van der Waals surface area contributed by atoms with Gasteiger partial charge in [0.25, 0.3) is 0 Å². The number of halogens is 1. The van der Waals surface area contributed by atoms with Crippen molar-refractivity contribution in [2.24, 2.45) is 5.92 Å². The summed E-state index contributed by atoms with van der Waals surface area (Å²) in [5, 5.41) is 4.69. The molecule has 2 unspecified atom stereocenters. The molecule has 0 amide bonds. The molecule has 1 aromatic heterocycles. The Kier molecular flexibility index (Phi) is 3.92. The lowest BCUT2D eigenvalue weighted by Crippen LogP contribution is -2.22. The predicted octanol–water partition coefficient (Wildman–Crippen LogP) is 3.45. The Bertz CT molecular complexity index is 372. The van der Waals surface area contributed by atoms with Crippen molar-refractivity contribution in [1.82, 2.24) is 9.97 Å². The Hall–Kier alpha value is -0.480. The van der Waals surface area contributed by atoms with E-state index in [0.717, 1.165) is 11.0 Å². The van der Waals surface area contributed by atoms with Crippen molar-refractivity contribution in [3.05, 3.63) is 11.2 Å². The number of thioether (sulfide) groups is 1. The number of rotatable bonds is 3. The van der Waals surface area contributed by atoms with Crippen LogP contribution in [0.25, 0.3) is 0 Å². The first kappa shape index (κ1) is 12.0. The van der Waals surface area contributed by atoms with Gasteiger partial charge in [-0.05, 0) is 25.0 Å². The lowest BCUT2D eigenvalue weighted by Gasteiger charge is -2.18. The molecular weight excluding hydrogens is 242 g/mol. The second-order valence-corrected chi connectivity index (χ2v) is 5.38. The number of nitrogens with zero attached hydrogens (tertiary/aromatic N) is 2. The highest BCUT2D eigenvalue weighted by molar-refractivity contribution is 7.98. The standard InChI is InChI=1S/C11H16ClN3S/c1-7-4-3-5-8(7)13-10-6-9(12)14-11(15-10)16-2/h6-8H,3-5H2,1-2H3,(H,13,14,15). The van der Waals surface area contributed by atoms with Crippen LogP contribution in [0.5, 0.6) is 0 Å². The van der Waals surface area contributed by atoms with Crippen molar-refractivity contribution in [2.75, 3.05) is 11.6 Å². The van der Waals surface area contributed by atoms with Crippen molar-refractivity contribution in [2.45, 2.75) is 37.4 Å². The molecule has 1 fully saturated rings. The van der Waals surface area contributed by atoms with Crippen molar-refractivity contribution in [1.29, 1.82) is 0 Å². The maximum Gasteiger partial charge on any atom is 0.190 e. The normalized spacial score (nSPS) is 24.7. The minimum absolute atomic E-state index is 0.507. The van der Waals surface area contributed by atoms with Gasteiger partial charge in [-0.1, -0.05) is 36.7 Å². The second kappa shape index (κ2) is 5.23. The van der Waals surface area contributed by atoms with Crippen LogP contribution in [0, 0.1) is 5.92 Å². The topological polar surface area (TPSA) is 37.8 Å². The molecular formula is C11H16ClN3S. The van der Waals surface area contributed by atoms with Crippen LogP contribution in [0.3, 0.4) is 0 Å². The third-order valence-corrected chi connectivity index (χ3v) is 3.79. The summed E-state index contributed by atoms with van der Waals surface area (Å²) in [4.78, 5) is 8.53. The zero-order chi connectivity index (χ0) is 11.5. The smallest absolute Gasteiger partial charge is 0.190 e. The largest absolute Gasteiger partial charge is 0.367 e. The molecule has 1 aromatic rings. The molecule has 0 aliphatic heterocycles. The number of anilines is 1. The van der Waals surface area contributed by atoms with E-state index in [-0.39, 0.29) is 0 Å². The fraction of sp³-hybridized carbons (Fsp3) is 0.636. The minimum Gasteiger partial charge on any atom is -0.367 e. The van der Waals surface area contributed by atoms with Gasteiger partial charge in [0.1, 0.15) is 11.0 Å². The van der Waals surface area contributed by atoms with Gasteiger partial charge >= 0.3 is 0 Å². The maximum absolute atomic E-state index is 5.95. The summed E-state index contributed by atoms with van der Waals surface area (Å²) in [7, 11) is 0. The van der Waals surface area contributed by atoms with E-state index in [1.165, 1.54) is 31.0 Å². The third-order valence-electron chi connectivity index (χ3n) is 3.05. The van der Waals surface area contributed by atoms with Gasteiger partial charge < -0.3 is 5.32 Å². The zero-order valence-corrected chi connectivity index (χ0v) is 11.1. The first-order valence-electron chi connectivity index (χ1n) is 5.54. The summed E-state index contributed by atoms with van der Waals surface area (Å²) in [5.74, 6) is 1.56. The predicted molar refractivity (Wildman–Crippen MR) is 69.2 cm³/mol. The Morgan fingerprint density at radius 3 is 2.88 bits per heavy atom. The highest BCUT2D eigenvalue weighted by Crippen LogP contribution is 2.28. The molecule has 0 saturated heterocycles. The van der Waals surface area contributed by atoms with Gasteiger partial charge in [0.05, 0.1) is 0 Å². The molecule has 2 atom stereocenters. The first-order chi connectivity index (χ1) is 7.69. The van der Waals surface area contributed by atoms with E-state index in [1.54, 1.807) is 6.07 Å². The van der Waals surface area contributed by atoms with E-state index in [1.807, 2.05) is 6.26 Å². The zero-order valence-electron chi connectivity index (χ0n) is 9.53. The van der Waals surface area contributed by atoms with Crippen molar-refractivity contribution < 1.29 is 0 Å². The van der Waals surface area contributed by atoms with Crippen LogP contribution in [0.2, 0.25) is 5.15 Å². The maximum atomic E-state index is 5.95. The Balaban J connectivity index is 2.11. The summed E-state index contributed by atoms with van der Waals surface area (Å²) in [5.41, 5.74) is 0. The van der Waals surface area contributed by atoms with E-state index in [9.17, 15) is 0 Å². The van der Waals surface area contributed by atoms with Gasteiger partial charge in [-0.15, -0.1) is 0 Å². The van der Waals surface area contributed by atoms with Gasteiger partial charge in [-0.3, -0.25) is 0 Å². The molecule has 0 spiro atoms. The van der Waals surface area contributed by atoms with Crippen LogP contribution < -0.4 is 5.32 Å². The number of hydrogen-bond acceptors (Lipinski definition) is 4. The summed E-state index contributed by atoms with van der Waals surface area (Å²) in [6.07, 6.45) is 5.77. The summed E-state index contributed by atoms with van der Waals surface area (Å²) < 4.78 is 0. The molecule has 1 aliphatic carbocycles. The molecule has 1 heterocycles. The molecule has 0 aromatic carbocycles. The Morgan fingerprint density at radius 1 is 1.44 bits per heavy atom. The van der Waals surface area contributed by atoms with Crippen LogP contribution in [0.1, 0.15) is 26.2 Å². The third kappa shape index (κ3) is 2.80. The second-order valence-electron chi connectivity index (χ2n) is 4.22. The number of nitrogens with one attached hydrogen (secondary N) is 1. The van der Waals surface area contributed by atoms with Gasteiger partial charge in [-0.25, -0.2) is 9.97 Å². The Morgan fingerprint density at radius 2 is 2.25 bits per heavy atom. The highest BCUT2D eigenvalue weighted by atomic mass is 35.5. The number of hydrogen-bond donors (Lipinski definition) is 1. The molecule has 1 N–H and O–H groups in total. The monoisotopic (exact) mass is 257 g/mol. The first-order valence-corrected chi connectivity index (χ1v) is 7.14. The molecule has 0 radical (unpaired) electrons. The molecule has 1 aliphatic rings. The van der Waals surface area contributed by atoms with E-state index in [4.69, 9.17) is 11.6 Å². The lowest BCUT2D eigenvalue weighted by atomic mass is 10.1. The SMILES string of the molecule is CSc1nc(Cl)cc(NC2CCCC2C)n1. The fourth-order valence-electron chi connectivity index (χ4n) is 2.11. The molecule has 2 rings (SSSR count). The molecule has 1 saturated carbocycles. The van der Waals surface area contributed by atoms with E-state index in [0.29, 0.717) is 17.1 Å². The molecule has 16 heavy (non-hydrogen) atoms. The lowest BCUT2D eigenvalue weighted by molar-refractivity contribution is 0.554. The van der Waals surface area contributed by atoms with E-state index in [2.05, 4.69) is 22.2 Å². The quantitative estimate of drug-likeness (QED) is 0.511. The fourth-order valence-corrected chi connectivity index (χ4v) is 2.72. The highest BCUT2D eigenvalue weighted by Gasteiger charge is 2.23. The van der Waals surface area contributed by atoms with Crippen molar-refractivity contribution in [3.63, 3.8) is 0 Å². The Labute approximate surface area is 105 Å². The van der Waals surface area contributed by atoms with Gasteiger partial charge in [0, 0.05) is 12.1 Å². The summed E-state index contributed by atoms with van der Waals surface area (Å²) in [6, 6.07) is 2.33. The van der Waals surface area contributed by atoms with Crippen LogP contribution in [0.15, 0.2) is 11.2 Å². The summed E-state index contributed by atoms with van der Waals surface area (Å²) >= 11 is 7.46. The van der Waals surface area contributed by atoms with E-state index >= 15 is 0 Å². The van der Waals surface area contributed by atoms with Crippen LogP contribution in [0.4, 0.5) is 5.82 Å². The van der Waals surface area contributed by atoms with Crippen LogP contribution >= 0.6 is 23.4 Å². The van der Waals surface area contributed by atoms with Crippen molar-refractivity contribution >= 4 is 29.2 Å². The number of aromatic nitrogens is 2. The average Bonchev–Trinajstić information content (AvgIpc) is 2.63. The van der Waals surface area contributed by atoms with E-state index < -0.39 is 0 Å². The minimum atomic E-state index is 0.507. The molecule has 0 bridgehead atoms. The molecule has 3 nitrogen and oxygen atoms in total. The van der Waals surface area contributed by atoms with Crippen LogP contribution in [-0.2, 0) is 0 Å². The van der Waals surface area contributed by atoms with Crippen LogP contribution in [-0.4, -0.2) is 22.3 Å². The van der Waals surface area contributed by atoms with Crippen molar-refractivity contribution in [3.8, 4) is 0 Å². The van der Waals surface area contributed by atoms with Gasteiger partial charge in [-0.2, -0.15) is 0 Å². The molecule has 5 heteroatoms. The summed E-state index contributed by atoms with van der Waals surface area (Å²) in [6.45, 7) is 2.28. The molecule has 88 valence electrons. The van der Waals surface area contributed by atoms with Gasteiger partial charge in [0.2, 0.25) is 0 Å². The average molecular weight is 258 g/mol. The van der Waals surface area contributed by atoms with Gasteiger partial charge in [0.15, 0.2) is 5.16 Å².